The maximum Gasteiger partial charge on any atom is 0.261 e. The van der Waals surface area contributed by atoms with Crippen molar-refractivity contribution < 1.29 is 4.74 Å². The lowest BCUT2D eigenvalue weighted by Crippen LogP contribution is -2.26. The fourth-order valence-electron chi connectivity index (χ4n) is 1.36. The minimum atomic E-state index is -0.716. The number of nitrogens with zero attached hydrogens (tertiary/aromatic N) is 3. The van der Waals surface area contributed by atoms with E-state index in [-0.39, 0.29) is 0 Å². The first-order valence-corrected chi connectivity index (χ1v) is 5.24. The third kappa shape index (κ3) is 2.16. The summed E-state index contributed by atoms with van der Waals surface area (Å²) in [7, 11) is 1.79. The Balaban J connectivity index is 2.52. The van der Waals surface area contributed by atoms with Crippen LogP contribution in [0.4, 0.5) is 5.82 Å². The molecule has 88 valence electrons. The van der Waals surface area contributed by atoms with Gasteiger partial charge in [0.05, 0.1) is 6.20 Å². The van der Waals surface area contributed by atoms with Crippen molar-refractivity contribution in [3.63, 3.8) is 0 Å². The lowest BCUT2D eigenvalue weighted by molar-refractivity contribution is 0.166. The standard InChI is InChI=1S/C12H14N4O/c1-5-12(2,3)17-11-10-14-6-7-16(10)8-9(13-4)15-11/h1,6-8,13H,2-4H3. The Bertz CT molecular complexity index is 580. The number of terminal acetylenes is 1. The Hall–Kier alpha value is -2.22. The Morgan fingerprint density at radius 3 is 2.94 bits per heavy atom. The van der Waals surface area contributed by atoms with Crippen molar-refractivity contribution in [2.45, 2.75) is 19.4 Å². The first kappa shape index (κ1) is 11.3. The van der Waals surface area contributed by atoms with Gasteiger partial charge in [-0.3, -0.25) is 4.40 Å². The highest BCUT2D eigenvalue weighted by Gasteiger charge is 2.19. The average molecular weight is 230 g/mol. The molecule has 5 nitrogen and oxygen atoms in total. The van der Waals surface area contributed by atoms with Crippen molar-refractivity contribution >= 4 is 11.5 Å². The molecule has 1 N–H and O–H groups in total. The van der Waals surface area contributed by atoms with Crippen LogP contribution < -0.4 is 10.1 Å². The van der Waals surface area contributed by atoms with Gasteiger partial charge in [-0.2, -0.15) is 4.98 Å². The third-order valence-corrected chi connectivity index (χ3v) is 2.30. The summed E-state index contributed by atoms with van der Waals surface area (Å²) in [6.07, 6.45) is 10.7. The summed E-state index contributed by atoms with van der Waals surface area (Å²) in [5.41, 5.74) is -0.0708. The van der Waals surface area contributed by atoms with Crippen LogP contribution in [0.15, 0.2) is 18.6 Å². The summed E-state index contributed by atoms with van der Waals surface area (Å²) in [5, 5.41) is 2.96. The van der Waals surface area contributed by atoms with Crippen LogP contribution in [0.25, 0.3) is 5.65 Å². The lowest BCUT2D eigenvalue weighted by atomic mass is 10.1. The largest absolute Gasteiger partial charge is 0.456 e. The maximum absolute atomic E-state index is 5.69. The van der Waals surface area contributed by atoms with E-state index >= 15 is 0 Å². The smallest absolute Gasteiger partial charge is 0.261 e. The Labute approximate surface area is 99.8 Å². The molecule has 0 unspecified atom stereocenters. The van der Waals surface area contributed by atoms with Gasteiger partial charge in [0.2, 0.25) is 5.65 Å². The molecule has 5 heteroatoms. The van der Waals surface area contributed by atoms with E-state index in [1.165, 1.54) is 0 Å². The Kier molecular flexibility index (Phi) is 2.64. The highest BCUT2D eigenvalue weighted by Crippen LogP contribution is 2.22. The molecule has 0 aliphatic rings. The van der Waals surface area contributed by atoms with Crippen molar-refractivity contribution in [3.8, 4) is 18.2 Å². The minimum Gasteiger partial charge on any atom is -0.456 e. The van der Waals surface area contributed by atoms with E-state index in [0.29, 0.717) is 17.3 Å². The number of anilines is 1. The molecule has 0 bridgehead atoms. The fraction of sp³-hybridized carbons (Fsp3) is 0.333. The van der Waals surface area contributed by atoms with Crippen LogP contribution in [-0.2, 0) is 0 Å². The Morgan fingerprint density at radius 1 is 1.53 bits per heavy atom. The quantitative estimate of drug-likeness (QED) is 0.813. The normalized spacial score (nSPS) is 11.2. The monoisotopic (exact) mass is 230 g/mol. The number of aromatic nitrogens is 3. The van der Waals surface area contributed by atoms with Crippen LogP contribution in [0.3, 0.4) is 0 Å². The molecule has 0 saturated heterocycles. The third-order valence-electron chi connectivity index (χ3n) is 2.30. The molecular formula is C12H14N4O. The summed E-state index contributed by atoms with van der Waals surface area (Å²) >= 11 is 0. The maximum atomic E-state index is 5.69. The van der Waals surface area contributed by atoms with Gasteiger partial charge in [-0.15, -0.1) is 6.42 Å². The molecule has 0 fully saturated rings. The first-order chi connectivity index (χ1) is 8.05. The second-order valence-electron chi connectivity index (χ2n) is 4.10. The van der Waals surface area contributed by atoms with Crippen LogP contribution in [0.1, 0.15) is 13.8 Å². The van der Waals surface area contributed by atoms with Crippen molar-refractivity contribution in [1.82, 2.24) is 14.4 Å². The van der Waals surface area contributed by atoms with E-state index in [1.54, 1.807) is 27.1 Å². The summed E-state index contributed by atoms with van der Waals surface area (Å²) in [5.74, 6) is 3.68. The molecular weight excluding hydrogens is 216 g/mol. The molecule has 0 aliphatic heterocycles. The predicted octanol–water partition coefficient (Wildman–Crippen LogP) is 1.56. The van der Waals surface area contributed by atoms with Crippen molar-refractivity contribution in [2.24, 2.45) is 0 Å². The summed E-state index contributed by atoms with van der Waals surface area (Å²) < 4.78 is 7.53. The van der Waals surface area contributed by atoms with Crippen LogP contribution >= 0.6 is 0 Å². The molecule has 0 aliphatic carbocycles. The van der Waals surface area contributed by atoms with E-state index in [0.717, 1.165) is 0 Å². The van der Waals surface area contributed by atoms with E-state index in [9.17, 15) is 0 Å². The minimum absolute atomic E-state index is 0.421. The van der Waals surface area contributed by atoms with Crippen molar-refractivity contribution in [2.75, 3.05) is 12.4 Å². The van der Waals surface area contributed by atoms with Gasteiger partial charge in [-0.05, 0) is 13.8 Å². The highest BCUT2D eigenvalue weighted by molar-refractivity contribution is 5.54. The van der Waals surface area contributed by atoms with Gasteiger partial charge >= 0.3 is 0 Å². The van der Waals surface area contributed by atoms with Gasteiger partial charge in [-0.1, -0.05) is 5.92 Å². The topological polar surface area (TPSA) is 51.5 Å². The molecule has 0 spiro atoms. The Morgan fingerprint density at radius 2 is 2.29 bits per heavy atom. The first-order valence-electron chi connectivity index (χ1n) is 5.24. The molecule has 0 atom stereocenters. The SMILES string of the molecule is C#CC(C)(C)Oc1nc(NC)cn2ccnc12. The molecule has 0 saturated carbocycles. The van der Waals surface area contributed by atoms with Gasteiger partial charge in [0, 0.05) is 19.4 Å². The zero-order chi connectivity index (χ0) is 12.5. The number of fused-ring (bicyclic) bond motifs is 1. The second-order valence-corrected chi connectivity index (χ2v) is 4.10. The van der Waals surface area contributed by atoms with Gasteiger partial charge in [0.25, 0.3) is 5.88 Å². The van der Waals surface area contributed by atoms with E-state index in [4.69, 9.17) is 11.2 Å². The van der Waals surface area contributed by atoms with E-state index < -0.39 is 5.60 Å². The van der Waals surface area contributed by atoms with Gasteiger partial charge < -0.3 is 10.1 Å². The van der Waals surface area contributed by atoms with Crippen LogP contribution in [-0.4, -0.2) is 27.0 Å². The number of imidazole rings is 1. The number of hydrogen-bond donors (Lipinski definition) is 1. The fourth-order valence-corrected chi connectivity index (χ4v) is 1.36. The van der Waals surface area contributed by atoms with Crippen LogP contribution in [0, 0.1) is 12.3 Å². The highest BCUT2D eigenvalue weighted by atomic mass is 16.5. The van der Waals surface area contributed by atoms with Crippen molar-refractivity contribution in [3.05, 3.63) is 18.6 Å². The zero-order valence-corrected chi connectivity index (χ0v) is 10.1. The van der Waals surface area contributed by atoms with Gasteiger partial charge in [0.15, 0.2) is 5.60 Å². The molecule has 2 aromatic heterocycles. The molecule has 2 aromatic rings. The number of rotatable bonds is 3. The molecule has 0 radical (unpaired) electrons. The van der Waals surface area contributed by atoms with Gasteiger partial charge in [-0.25, -0.2) is 4.98 Å². The summed E-state index contributed by atoms with van der Waals surface area (Å²) in [4.78, 5) is 8.50. The number of nitrogens with one attached hydrogen (secondary N) is 1. The van der Waals surface area contributed by atoms with E-state index in [1.807, 2.05) is 16.8 Å². The molecule has 17 heavy (non-hydrogen) atoms. The average Bonchev–Trinajstić information content (AvgIpc) is 2.76. The second kappa shape index (κ2) is 3.98. The summed E-state index contributed by atoms with van der Waals surface area (Å²) in [6.45, 7) is 3.61. The van der Waals surface area contributed by atoms with Crippen molar-refractivity contribution in [1.29, 1.82) is 0 Å². The molecule has 2 rings (SSSR count). The van der Waals surface area contributed by atoms with Crippen LogP contribution in [0.5, 0.6) is 5.88 Å². The molecule has 0 amide bonds. The molecule has 2 heterocycles. The lowest BCUT2D eigenvalue weighted by Gasteiger charge is -2.19. The van der Waals surface area contributed by atoms with Gasteiger partial charge in [0.1, 0.15) is 5.82 Å². The molecule has 0 aromatic carbocycles. The summed E-state index contributed by atoms with van der Waals surface area (Å²) in [6, 6.07) is 0. The van der Waals surface area contributed by atoms with Crippen LogP contribution in [0.2, 0.25) is 0 Å². The number of hydrogen-bond acceptors (Lipinski definition) is 4. The van der Waals surface area contributed by atoms with E-state index in [2.05, 4.69) is 21.2 Å². The zero-order valence-electron chi connectivity index (χ0n) is 10.1. The predicted molar refractivity (Wildman–Crippen MR) is 66.1 cm³/mol. The number of ether oxygens (including phenoxy) is 1.